The molecule has 0 saturated heterocycles. The van der Waals surface area contributed by atoms with Crippen molar-refractivity contribution in [1.29, 1.82) is 0 Å². The highest BCUT2D eigenvalue weighted by molar-refractivity contribution is 6.27. The standard InChI is InChI=1S/C20H21N5O2/c1-20(2)8-11(26)13(12(27)9-20)14-15-17(21)24-19(22)25-18(15)23-16(14)10-6-4-3-5-7-10/h3-7,26H,8-9H2,1-2H3,(H5,21,22,23,24,25). The molecule has 27 heavy (non-hydrogen) atoms. The van der Waals surface area contributed by atoms with Gasteiger partial charge >= 0.3 is 0 Å². The number of carbonyl (C=O) groups is 1. The molecule has 0 amide bonds. The zero-order valence-corrected chi connectivity index (χ0v) is 15.2. The molecule has 0 radical (unpaired) electrons. The molecule has 138 valence electrons. The first kappa shape index (κ1) is 17.1. The Bertz CT molecular complexity index is 1100. The Kier molecular flexibility index (Phi) is 3.69. The minimum atomic E-state index is -0.295. The van der Waals surface area contributed by atoms with Crippen LogP contribution < -0.4 is 11.5 Å². The van der Waals surface area contributed by atoms with E-state index >= 15 is 0 Å². The van der Waals surface area contributed by atoms with Crippen molar-refractivity contribution < 1.29 is 9.90 Å². The van der Waals surface area contributed by atoms with E-state index in [4.69, 9.17) is 11.5 Å². The average molecular weight is 363 g/mol. The van der Waals surface area contributed by atoms with Crippen LogP contribution in [-0.4, -0.2) is 25.8 Å². The van der Waals surface area contributed by atoms with E-state index in [0.717, 1.165) is 5.56 Å². The maximum Gasteiger partial charge on any atom is 0.223 e. The highest BCUT2D eigenvalue weighted by Crippen LogP contribution is 2.44. The second kappa shape index (κ2) is 5.84. The van der Waals surface area contributed by atoms with E-state index in [9.17, 15) is 9.90 Å². The largest absolute Gasteiger partial charge is 0.512 e. The maximum absolute atomic E-state index is 13.0. The number of aromatic amines is 1. The Morgan fingerprint density at radius 2 is 1.81 bits per heavy atom. The number of nitrogens with two attached hydrogens (primary N) is 2. The first-order valence-corrected chi connectivity index (χ1v) is 8.72. The van der Waals surface area contributed by atoms with Gasteiger partial charge in [0.05, 0.1) is 16.7 Å². The lowest BCUT2D eigenvalue weighted by molar-refractivity contribution is -0.116. The van der Waals surface area contributed by atoms with Crippen molar-refractivity contribution >= 4 is 34.2 Å². The predicted molar refractivity (Wildman–Crippen MR) is 106 cm³/mol. The van der Waals surface area contributed by atoms with Crippen molar-refractivity contribution in [3.8, 4) is 11.3 Å². The third-order valence-electron chi connectivity index (χ3n) is 4.86. The van der Waals surface area contributed by atoms with Crippen LogP contribution in [0.15, 0.2) is 36.1 Å². The fourth-order valence-corrected chi connectivity index (χ4v) is 3.78. The Hall–Kier alpha value is -3.35. The fraction of sp³-hybridized carbons (Fsp3) is 0.250. The minimum Gasteiger partial charge on any atom is -0.512 e. The topological polar surface area (TPSA) is 131 Å². The van der Waals surface area contributed by atoms with Crippen molar-refractivity contribution in [3.05, 3.63) is 41.7 Å². The third-order valence-corrected chi connectivity index (χ3v) is 4.86. The number of allylic oxidation sites excluding steroid dienone is 2. The van der Waals surface area contributed by atoms with Gasteiger partial charge in [0, 0.05) is 18.4 Å². The van der Waals surface area contributed by atoms with Crippen LogP contribution in [0.3, 0.4) is 0 Å². The van der Waals surface area contributed by atoms with Crippen LogP contribution in [0.4, 0.5) is 11.8 Å². The molecule has 0 saturated carbocycles. The molecule has 0 fully saturated rings. The zero-order chi connectivity index (χ0) is 19.3. The molecule has 4 rings (SSSR count). The first-order chi connectivity index (χ1) is 12.8. The normalized spacial score (nSPS) is 16.9. The molecule has 0 atom stereocenters. The molecule has 0 spiro atoms. The van der Waals surface area contributed by atoms with Crippen molar-refractivity contribution in [2.75, 3.05) is 11.5 Å². The predicted octanol–water partition coefficient (Wildman–Crippen LogP) is 3.45. The average Bonchev–Trinajstić information content (AvgIpc) is 2.93. The molecule has 3 aromatic rings. The van der Waals surface area contributed by atoms with Gasteiger partial charge in [-0.3, -0.25) is 4.79 Å². The monoisotopic (exact) mass is 363 g/mol. The number of aromatic nitrogens is 3. The number of H-pyrrole nitrogens is 1. The summed E-state index contributed by atoms with van der Waals surface area (Å²) >= 11 is 0. The fourth-order valence-electron chi connectivity index (χ4n) is 3.78. The highest BCUT2D eigenvalue weighted by Gasteiger charge is 2.36. The van der Waals surface area contributed by atoms with Gasteiger partial charge in [-0.05, 0) is 11.0 Å². The number of aliphatic hydroxyl groups excluding tert-OH is 1. The number of fused-ring (bicyclic) bond motifs is 1. The van der Waals surface area contributed by atoms with Crippen LogP contribution >= 0.6 is 0 Å². The zero-order valence-electron chi connectivity index (χ0n) is 15.2. The summed E-state index contributed by atoms with van der Waals surface area (Å²) in [5, 5.41) is 11.3. The maximum atomic E-state index is 13.0. The number of benzene rings is 1. The van der Waals surface area contributed by atoms with E-state index in [0.29, 0.717) is 35.1 Å². The summed E-state index contributed by atoms with van der Waals surface area (Å²) in [5.41, 5.74) is 14.3. The quantitative estimate of drug-likeness (QED) is 0.551. The molecular weight excluding hydrogens is 342 g/mol. The van der Waals surface area contributed by atoms with Crippen molar-refractivity contribution in [1.82, 2.24) is 15.0 Å². The van der Waals surface area contributed by atoms with Crippen LogP contribution in [0, 0.1) is 5.41 Å². The summed E-state index contributed by atoms with van der Waals surface area (Å²) in [5.74, 6) is 0.147. The Balaban J connectivity index is 2.09. The second-order valence-electron chi connectivity index (χ2n) is 7.69. The number of nitrogens with zero attached hydrogens (tertiary/aromatic N) is 2. The number of nitrogens with one attached hydrogen (secondary N) is 1. The summed E-state index contributed by atoms with van der Waals surface area (Å²) < 4.78 is 0. The highest BCUT2D eigenvalue weighted by atomic mass is 16.3. The number of hydrogen-bond acceptors (Lipinski definition) is 6. The molecule has 0 aliphatic heterocycles. The number of Topliss-reactive ketones (excluding diaryl/α,β-unsaturated/α-hetero) is 1. The lowest BCUT2D eigenvalue weighted by atomic mass is 9.74. The Labute approximate surface area is 156 Å². The molecule has 7 heteroatoms. The van der Waals surface area contributed by atoms with Gasteiger partial charge in [0.2, 0.25) is 5.95 Å². The van der Waals surface area contributed by atoms with Gasteiger partial charge in [0.1, 0.15) is 17.2 Å². The molecular formula is C20H21N5O2. The van der Waals surface area contributed by atoms with E-state index in [2.05, 4.69) is 15.0 Å². The summed E-state index contributed by atoms with van der Waals surface area (Å²) in [6.07, 6.45) is 0.744. The lowest BCUT2D eigenvalue weighted by Crippen LogP contribution is -2.25. The van der Waals surface area contributed by atoms with E-state index in [1.165, 1.54) is 0 Å². The number of aliphatic hydroxyl groups is 1. The number of carbonyl (C=O) groups excluding carboxylic acids is 1. The van der Waals surface area contributed by atoms with Crippen LogP contribution in [0.1, 0.15) is 32.3 Å². The number of hydrogen-bond donors (Lipinski definition) is 4. The summed E-state index contributed by atoms with van der Waals surface area (Å²) in [7, 11) is 0. The van der Waals surface area contributed by atoms with E-state index < -0.39 is 0 Å². The lowest BCUT2D eigenvalue weighted by Gasteiger charge is -2.29. The Morgan fingerprint density at radius 3 is 2.48 bits per heavy atom. The number of nitrogen functional groups attached to an aromatic ring is 2. The molecule has 7 nitrogen and oxygen atoms in total. The summed E-state index contributed by atoms with van der Waals surface area (Å²) in [6, 6.07) is 9.52. The molecule has 1 aliphatic rings. The number of anilines is 2. The van der Waals surface area contributed by atoms with Crippen LogP contribution in [0.2, 0.25) is 0 Å². The third kappa shape index (κ3) is 2.81. The van der Waals surface area contributed by atoms with Crippen molar-refractivity contribution in [3.63, 3.8) is 0 Å². The van der Waals surface area contributed by atoms with Crippen LogP contribution in [0.25, 0.3) is 27.9 Å². The second-order valence-corrected chi connectivity index (χ2v) is 7.69. The van der Waals surface area contributed by atoms with Crippen LogP contribution in [0.5, 0.6) is 0 Å². The summed E-state index contributed by atoms with van der Waals surface area (Å²) in [6.45, 7) is 3.92. The summed E-state index contributed by atoms with van der Waals surface area (Å²) in [4.78, 5) is 24.5. The molecule has 2 heterocycles. The molecule has 0 bridgehead atoms. The van der Waals surface area contributed by atoms with Gasteiger partial charge in [-0.25, -0.2) is 0 Å². The Morgan fingerprint density at radius 1 is 1.11 bits per heavy atom. The van der Waals surface area contributed by atoms with E-state index in [1.807, 2.05) is 44.2 Å². The SMILES string of the molecule is CC1(C)CC(=O)C(c2c(-c3ccccc3)[nH]c3nc(N)nc(N)c23)=C(O)C1. The number of ketones is 1. The molecule has 1 aromatic carbocycles. The van der Waals surface area contributed by atoms with Gasteiger partial charge in [0.25, 0.3) is 0 Å². The van der Waals surface area contributed by atoms with E-state index in [1.54, 1.807) is 0 Å². The van der Waals surface area contributed by atoms with Crippen LogP contribution in [-0.2, 0) is 4.79 Å². The smallest absolute Gasteiger partial charge is 0.223 e. The molecule has 6 N–H and O–H groups in total. The van der Waals surface area contributed by atoms with Gasteiger partial charge in [0.15, 0.2) is 5.78 Å². The minimum absolute atomic E-state index is 0.0433. The number of rotatable bonds is 2. The van der Waals surface area contributed by atoms with Gasteiger partial charge in [-0.1, -0.05) is 44.2 Å². The van der Waals surface area contributed by atoms with Crippen molar-refractivity contribution in [2.45, 2.75) is 26.7 Å². The van der Waals surface area contributed by atoms with Crippen molar-refractivity contribution in [2.24, 2.45) is 5.41 Å². The van der Waals surface area contributed by atoms with Gasteiger partial charge in [-0.2, -0.15) is 9.97 Å². The van der Waals surface area contributed by atoms with Gasteiger partial charge in [-0.15, -0.1) is 0 Å². The first-order valence-electron chi connectivity index (χ1n) is 8.72. The van der Waals surface area contributed by atoms with E-state index in [-0.39, 0.29) is 34.3 Å². The molecule has 0 unspecified atom stereocenters. The molecule has 2 aromatic heterocycles. The molecule has 1 aliphatic carbocycles. The van der Waals surface area contributed by atoms with Gasteiger partial charge < -0.3 is 21.6 Å².